The van der Waals surface area contributed by atoms with Crippen molar-refractivity contribution in [3.63, 3.8) is 0 Å². The fourth-order valence-electron chi connectivity index (χ4n) is 3.88. The molecule has 1 aliphatic rings. The van der Waals surface area contributed by atoms with Crippen LogP contribution in [0.5, 0.6) is 0 Å². The summed E-state index contributed by atoms with van der Waals surface area (Å²) < 4.78 is 28.2. The van der Waals surface area contributed by atoms with Crippen LogP contribution in [-0.2, 0) is 17.9 Å². The van der Waals surface area contributed by atoms with Crippen LogP contribution in [0.15, 0.2) is 30.6 Å². The van der Waals surface area contributed by atoms with Crippen molar-refractivity contribution in [2.45, 2.75) is 39.9 Å². The lowest BCUT2D eigenvalue weighted by Crippen LogP contribution is -2.49. The van der Waals surface area contributed by atoms with E-state index in [0.29, 0.717) is 41.8 Å². The zero-order chi connectivity index (χ0) is 23.0. The predicted molar refractivity (Wildman–Crippen MR) is 117 cm³/mol. The molecule has 0 radical (unpaired) electrons. The number of nitrogens with one attached hydrogen (secondary N) is 2. The lowest BCUT2D eigenvalue weighted by molar-refractivity contribution is -0.118. The molecule has 1 amide bonds. The number of amides is 1. The highest BCUT2D eigenvalue weighted by Crippen LogP contribution is 2.34. The summed E-state index contributed by atoms with van der Waals surface area (Å²) in [6.07, 6.45) is 3.51. The molecule has 0 spiro atoms. The van der Waals surface area contributed by atoms with Gasteiger partial charge in [-0.1, -0.05) is 19.9 Å². The third-order valence-corrected chi connectivity index (χ3v) is 5.44. The normalized spacial score (nSPS) is 15.7. The van der Waals surface area contributed by atoms with E-state index >= 15 is 0 Å². The third-order valence-electron chi connectivity index (χ3n) is 5.44. The zero-order valence-electron chi connectivity index (χ0n) is 18.4. The van der Waals surface area contributed by atoms with Crippen LogP contribution in [0.4, 0.5) is 26.2 Å². The number of aromatic nitrogens is 4. The van der Waals surface area contributed by atoms with Crippen LogP contribution in [0.25, 0.3) is 0 Å². The quantitative estimate of drug-likeness (QED) is 0.610. The molecule has 0 fully saturated rings. The minimum atomic E-state index is -0.877. The highest BCUT2D eigenvalue weighted by atomic mass is 19.2. The van der Waals surface area contributed by atoms with Crippen molar-refractivity contribution in [3.05, 3.63) is 59.0 Å². The second-order valence-corrected chi connectivity index (χ2v) is 8.27. The first-order chi connectivity index (χ1) is 15.2. The maximum atomic E-state index is 13.4. The average Bonchev–Trinajstić information content (AvgIpc) is 3.17. The van der Waals surface area contributed by atoms with Gasteiger partial charge in [-0.2, -0.15) is 10.1 Å². The fraction of sp³-hybridized carbons (Fsp3) is 0.364. The monoisotopic (exact) mass is 441 g/mol. The summed E-state index contributed by atoms with van der Waals surface area (Å²) in [5.74, 6) is -0.565. The number of carbonyl (C=O) groups is 1. The lowest BCUT2D eigenvalue weighted by atomic mass is 9.99. The lowest BCUT2D eigenvalue weighted by Gasteiger charge is -2.36. The SMILES string of the molecule is Cc1nc(NCc2cnn(Cc3ccc(F)c(F)c3)c2)nc2c1NC(=O)C(C(C)C)N2C. The standard InChI is InChI=1S/C22H25F2N7O/c1-12(2)19-21(32)28-18-13(3)27-22(29-20(18)30(19)4)25-8-15-9-26-31(11-15)10-14-5-6-16(23)17(24)7-14/h5-7,9,11-12,19H,8,10H2,1-4H3,(H,28,32)(H,25,27,29). The number of benzene rings is 1. The average molecular weight is 441 g/mol. The Kier molecular flexibility index (Phi) is 5.77. The summed E-state index contributed by atoms with van der Waals surface area (Å²) in [6, 6.07) is 3.49. The summed E-state index contributed by atoms with van der Waals surface area (Å²) >= 11 is 0. The molecule has 1 atom stereocenters. The van der Waals surface area contributed by atoms with E-state index in [-0.39, 0.29) is 17.9 Å². The van der Waals surface area contributed by atoms with Crippen molar-refractivity contribution in [1.29, 1.82) is 0 Å². The van der Waals surface area contributed by atoms with Crippen molar-refractivity contribution >= 4 is 23.4 Å². The summed E-state index contributed by atoms with van der Waals surface area (Å²) in [6.45, 7) is 6.58. The summed E-state index contributed by atoms with van der Waals surface area (Å²) in [4.78, 5) is 23.4. The Balaban J connectivity index is 1.46. The van der Waals surface area contributed by atoms with E-state index in [1.807, 2.05) is 38.9 Å². The molecule has 4 rings (SSSR count). The summed E-state index contributed by atoms with van der Waals surface area (Å²) in [5.41, 5.74) is 2.80. The number of rotatable bonds is 6. The third kappa shape index (κ3) is 4.25. The summed E-state index contributed by atoms with van der Waals surface area (Å²) in [5, 5.41) is 10.4. The molecular formula is C22H25F2N7O. The summed E-state index contributed by atoms with van der Waals surface area (Å²) in [7, 11) is 1.86. The van der Waals surface area contributed by atoms with Gasteiger partial charge < -0.3 is 15.5 Å². The van der Waals surface area contributed by atoms with Gasteiger partial charge in [-0.05, 0) is 30.5 Å². The van der Waals surface area contributed by atoms with Gasteiger partial charge in [0.25, 0.3) is 0 Å². The van der Waals surface area contributed by atoms with Crippen LogP contribution in [0, 0.1) is 24.5 Å². The van der Waals surface area contributed by atoms with Gasteiger partial charge in [-0.15, -0.1) is 0 Å². The molecule has 0 bridgehead atoms. The van der Waals surface area contributed by atoms with Crippen molar-refractivity contribution in [2.75, 3.05) is 22.6 Å². The molecule has 32 heavy (non-hydrogen) atoms. The molecule has 0 aliphatic carbocycles. The number of likely N-dealkylation sites (N-methyl/N-ethyl adjacent to an activating group) is 1. The Hall–Kier alpha value is -3.56. The van der Waals surface area contributed by atoms with Gasteiger partial charge >= 0.3 is 0 Å². The molecule has 1 aliphatic heterocycles. The second kappa shape index (κ2) is 8.52. The molecule has 3 heterocycles. The molecule has 2 aromatic heterocycles. The van der Waals surface area contributed by atoms with Crippen molar-refractivity contribution in [2.24, 2.45) is 5.92 Å². The van der Waals surface area contributed by atoms with Gasteiger partial charge in [0.1, 0.15) is 11.7 Å². The molecule has 8 nitrogen and oxygen atoms in total. The van der Waals surface area contributed by atoms with Gasteiger partial charge in [0.2, 0.25) is 11.9 Å². The van der Waals surface area contributed by atoms with Crippen LogP contribution in [0.1, 0.15) is 30.7 Å². The minimum Gasteiger partial charge on any atom is -0.350 e. The Bertz CT molecular complexity index is 1160. The van der Waals surface area contributed by atoms with Crippen LogP contribution < -0.4 is 15.5 Å². The van der Waals surface area contributed by atoms with Gasteiger partial charge in [0.05, 0.1) is 18.4 Å². The first-order valence-electron chi connectivity index (χ1n) is 10.3. The van der Waals surface area contributed by atoms with E-state index in [1.165, 1.54) is 12.1 Å². The first-order valence-corrected chi connectivity index (χ1v) is 10.3. The molecule has 2 N–H and O–H groups in total. The highest BCUT2D eigenvalue weighted by molar-refractivity contribution is 6.03. The predicted octanol–water partition coefficient (Wildman–Crippen LogP) is 3.33. The molecule has 1 unspecified atom stereocenters. The largest absolute Gasteiger partial charge is 0.350 e. The Labute approximate surface area is 184 Å². The maximum absolute atomic E-state index is 13.4. The highest BCUT2D eigenvalue weighted by Gasteiger charge is 2.35. The molecule has 0 saturated carbocycles. The van der Waals surface area contributed by atoms with Crippen molar-refractivity contribution < 1.29 is 13.6 Å². The zero-order valence-corrected chi connectivity index (χ0v) is 18.4. The second-order valence-electron chi connectivity index (χ2n) is 8.27. The molecule has 0 saturated heterocycles. The van der Waals surface area contributed by atoms with Gasteiger partial charge in [-0.25, -0.2) is 13.8 Å². The number of halogens is 2. The molecule has 10 heteroatoms. The van der Waals surface area contributed by atoms with Crippen LogP contribution >= 0.6 is 0 Å². The van der Waals surface area contributed by atoms with E-state index in [9.17, 15) is 13.6 Å². The minimum absolute atomic E-state index is 0.0594. The Morgan fingerprint density at radius 3 is 2.69 bits per heavy atom. The molecule has 1 aromatic carbocycles. The van der Waals surface area contributed by atoms with Gasteiger partial charge in [-0.3, -0.25) is 9.48 Å². The fourth-order valence-corrected chi connectivity index (χ4v) is 3.88. The number of fused-ring (bicyclic) bond motifs is 1. The van der Waals surface area contributed by atoms with E-state index in [0.717, 1.165) is 11.6 Å². The number of carbonyl (C=O) groups excluding carboxylic acids is 1. The Morgan fingerprint density at radius 1 is 1.19 bits per heavy atom. The molecular weight excluding hydrogens is 416 g/mol. The van der Waals surface area contributed by atoms with E-state index in [4.69, 9.17) is 0 Å². The van der Waals surface area contributed by atoms with Crippen LogP contribution in [0.2, 0.25) is 0 Å². The molecule has 3 aromatic rings. The van der Waals surface area contributed by atoms with E-state index in [2.05, 4.69) is 25.7 Å². The van der Waals surface area contributed by atoms with E-state index < -0.39 is 11.6 Å². The number of nitrogens with zero attached hydrogens (tertiary/aromatic N) is 5. The maximum Gasteiger partial charge on any atom is 0.247 e. The van der Waals surface area contributed by atoms with Crippen molar-refractivity contribution in [1.82, 2.24) is 19.7 Å². The number of hydrogen-bond donors (Lipinski definition) is 2. The van der Waals surface area contributed by atoms with Crippen LogP contribution in [-0.4, -0.2) is 38.7 Å². The van der Waals surface area contributed by atoms with Crippen molar-refractivity contribution in [3.8, 4) is 0 Å². The molecule has 168 valence electrons. The number of hydrogen-bond acceptors (Lipinski definition) is 6. The topological polar surface area (TPSA) is 88.0 Å². The van der Waals surface area contributed by atoms with E-state index in [1.54, 1.807) is 10.9 Å². The Morgan fingerprint density at radius 2 is 1.97 bits per heavy atom. The van der Waals surface area contributed by atoms with Crippen LogP contribution in [0.3, 0.4) is 0 Å². The van der Waals surface area contributed by atoms with Gasteiger partial charge in [0, 0.05) is 25.4 Å². The smallest absolute Gasteiger partial charge is 0.247 e. The number of aryl methyl sites for hydroxylation is 1. The first kappa shape index (κ1) is 21.7. The number of anilines is 3. The van der Waals surface area contributed by atoms with Gasteiger partial charge in [0.15, 0.2) is 17.5 Å².